The van der Waals surface area contributed by atoms with Gasteiger partial charge in [-0.15, -0.1) is 0 Å². The third-order valence-corrected chi connectivity index (χ3v) is 11.3. The molecule has 5 N–H and O–H groups in total. The van der Waals surface area contributed by atoms with E-state index in [1.807, 2.05) is 0 Å². The number of nitrogens with one attached hydrogen (secondary N) is 1. The van der Waals surface area contributed by atoms with Crippen molar-refractivity contribution in [1.29, 1.82) is 0 Å². The van der Waals surface area contributed by atoms with Crippen molar-refractivity contribution < 1.29 is 37.7 Å². The number of anilines is 1. The molecule has 0 aromatic carbocycles. The molecule has 0 amide bonds. The number of fused-ring (bicyclic) bond motifs is 1. The molecule has 0 radical (unpaired) electrons. The van der Waals surface area contributed by atoms with E-state index in [0.29, 0.717) is 11.3 Å². The van der Waals surface area contributed by atoms with E-state index in [1.54, 1.807) is 0 Å². The van der Waals surface area contributed by atoms with Crippen molar-refractivity contribution in [3.63, 3.8) is 0 Å². The highest BCUT2D eigenvalue weighted by molar-refractivity contribution is 7.98. The summed E-state index contributed by atoms with van der Waals surface area (Å²) in [6, 6.07) is 0.213. The van der Waals surface area contributed by atoms with Crippen LogP contribution in [0, 0.1) is 0 Å². The van der Waals surface area contributed by atoms with Gasteiger partial charge in [-0.05, 0) is 30.9 Å². The van der Waals surface area contributed by atoms with Crippen LogP contribution in [-0.4, -0.2) is 83.0 Å². The molecule has 0 bridgehead atoms. The van der Waals surface area contributed by atoms with Gasteiger partial charge in [0.2, 0.25) is 5.28 Å². The van der Waals surface area contributed by atoms with Crippen LogP contribution in [-0.2, 0) is 19.1 Å². The fourth-order valence-corrected chi connectivity index (χ4v) is 8.61. The van der Waals surface area contributed by atoms with Gasteiger partial charge in [0.1, 0.15) is 18.3 Å². The van der Waals surface area contributed by atoms with E-state index < -0.39 is 52.7 Å². The molecule has 2 aliphatic rings. The molecule has 1 unspecified atom stereocenters. The first kappa shape index (κ1) is 25.7. The Bertz CT molecular complexity index is 1200. The molecule has 0 spiro atoms. The third kappa shape index (κ3) is 4.96. The summed E-state index contributed by atoms with van der Waals surface area (Å²) >= 11 is 6.11. The van der Waals surface area contributed by atoms with Gasteiger partial charge < -0.3 is 30.1 Å². The number of aliphatic hydroxyl groups excluding tert-OH is 2. The maximum atomic E-state index is 12.6. The van der Waals surface area contributed by atoms with Crippen LogP contribution in [0.1, 0.15) is 45.3 Å². The molecule has 3 heterocycles. The molecular weight excluding hydrogens is 513 g/mol. The van der Waals surface area contributed by atoms with Crippen molar-refractivity contribution in [3.8, 4) is 0 Å². The van der Waals surface area contributed by atoms with Crippen LogP contribution in [0.5, 0.6) is 0 Å². The van der Waals surface area contributed by atoms with Gasteiger partial charge in [0, 0.05) is 6.04 Å². The largest absolute Gasteiger partial charge is 0.387 e. The summed E-state index contributed by atoms with van der Waals surface area (Å²) in [5.74, 6) is -0.470. The van der Waals surface area contributed by atoms with Crippen LogP contribution in [0.25, 0.3) is 11.2 Å². The molecule has 16 heteroatoms. The summed E-state index contributed by atoms with van der Waals surface area (Å²) in [4.78, 5) is 29.6. The lowest BCUT2D eigenvalue weighted by Crippen LogP contribution is -2.38. The Hall–Kier alpha value is -1.38. The highest BCUT2D eigenvalue weighted by Gasteiger charge is 2.49. The summed E-state index contributed by atoms with van der Waals surface area (Å²) in [6.45, 7) is 1.34. The van der Waals surface area contributed by atoms with E-state index >= 15 is 0 Å². The summed E-state index contributed by atoms with van der Waals surface area (Å²) < 4.78 is 43.9. The lowest BCUT2D eigenvalue weighted by atomic mass is 10.1. The van der Waals surface area contributed by atoms with Gasteiger partial charge in [0.15, 0.2) is 38.0 Å². The van der Waals surface area contributed by atoms with Crippen molar-refractivity contribution >= 4 is 46.0 Å². The zero-order valence-electron chi connectivity index (χ0n) is 18.2. The van der Waals surface area contributed by atoms with Crippen molar-refractivity contribution in [3.05, 3.63) is 11.6 Å². The number of rotatable bonds is 8. The fourth-order valence-electron chi connectivity index (χ4n) is 4.58. The first-order valence-corrected chi connectivity index (χ1v) is 14.6. The van der Waals surface area contributed by atoms with Crippen molar-refractivity contribution in [2.45, 2.75) is 74.6 Å². The third-order valence-electron chi connectivity index (χ3n) is 6.24. The second kappa shape index (κ2) is 9.58. The summed E-state index contributed by atoms with van der Waals surface area (Å²) in [6.07, 6.45) is -0.756. The molecule has 2 aromatic rings. The predicted octanol–water partition coefficient (Wildman–Crippen LogP) is 0.782. The van der Waals surface area contributed by atoms with Crippen LogP contribution in [0.4, 0.5) is 5.82 Å². The highest BCUT2D eigenvalue weighted by Crippen LogP contribution is 2.46. The maximum absolute atomic E-state index is 12.6. The lowest BCUT2D eigenvalue weighted by molar-refractivity contribution is -0.0292. The number of halogens is 1. The van der Waals surface area contributed by atoms with Gasteiger partial charge in [0.05, 0.1) is 12.1 Å². The van der Waals surface area contributed by atoms with Gasteiger partial charge in [-0.3, -0.25) is 9.13 Å². The van der Waals surface area contributed by atoms with Crippen LogP contribution < -0.4 is 5.32 Å². The van der Waals surface area contributed by atoms with Gasteiger partial charge in [-0.25, -0.2) is 13.4 Å². The van der Waals surface area contributed by atoms with Gasteiger partial charge in [0.25, 0.3) is 0 Å². The SMILES string of the molecule is CCC(P(=O)(O)O)S(=O)(=O)C[C@H]1O[C@@H](n2cnc3c(NC4CCCC4)nc(Cl)nc32)[C@H](O)[C@@H]1O. The number of imidazole rings is 1. The Balaban J connectivity index is 1.61. The number of sulfone groups is 1. The van der Waals surface area contributed by atoms with Gasteiger partial charge >= 0.3 is 7.60 Å². The Morgan fingerprint density at radius 2 is 1.94 bits per heavy atom. The zero-order chi connectivity index (χ0) is 24.8. The summed E-state index contributed by atoms with van der Waals surface area (Å²) in [5.41, 5.74) is 0.576. The van der Waals surface area contributed by atoms with Gasteiger partial charge in [-0.2, -0.15) is 9.97 Å². The molecule has 2 fully saturated rings. The molecule has 1 aliphatic carbocycles. The first-order chi connectivity index (χ1) is 15.9. The maximum Gasteiger partial charge on any atom is 0.343 e. The smallest absolute Gasteiger partial charge is 0.343 e. The number of aliphatic hydroxyl groups is 2. The van der Waals surface area contributed by atoms with E-state index in [1.165, 1.54) is 17.8 Å². The molecule has 4 rings (SSSR count). The van der Waals surface area contributed by atoms with Gasteiger partial charge in [-0.1, -0.05) is 19.8 Å². The van der Waals surface area contributed by atoms with Crippen molar-refractivity contribution in [2.24, 2.45) is 0 Å². The Labute approximate surface area is 200 Å². The van der Waals surface area contributed by atoms with Crippen LogP contribution in [0.3, 0.4) is 0 Å². The normalized spacial score (nSPS) is 27.5. The molecule has 1 saturated carbocycles. The number of hydrogen-bond donors (Lipinski definition) is 5. The summed E-state index contributed by atoms with van der Waals surface area (Å²) in [5, 5.41) is 24.3. The number of hydrogen-bond acceptors (Lipinski definition) is 10. The average molecular weight is 540 g/mol. The zero-order valence-corrected chi connectivity index (χ0v) is 20.7. The second-order valence-corrected chi connectivity index (χ2v) is 13.3. The highest BCUT2D eigenvalue weighted by atomic mass is 35.5. The fraction of sp³-hybridized carbons (Fsp3) is 0.722. The first-order valence-electron chi connectivity index (χ1n) is 10.9. The topological polar surface area (TPSA) is 197 Å². The van der Waals surface area contributed by atoms with E-state index in [0.717, 1.165) is 25.7 Å². The molecular formula is C18H27ClN5O8PS. The Kier molecular flexibility index (Phi) is 7.25. The lowest BCUT2D eigenvalue weighted by Gasteiger charge is -2.21. The molecule has 1 saturated heterocycles. The van der Waals surface area contributed by atoms with E-state index in [4.69, 9.17) is 16.3 Å². The predicted molar refractivity (Wildman–Crippen MR) is 122 cm³/mol. The van der Waals surface area contributed by atoms with Crippen LogP contribution in [0.15, 0.2) is 6.33 Å². The molecule has 5 atom stereocenters. The van der Waals surface area contributed by atoms with Crippen LogP contribution in [0.2, 0.25) is 5.28 Å². The molecule has 1 aliphatic heterocycles. The quantitative estimate of drug-likeness (QED) is 0.234. The summed E-state index contributed by atoms with van der Waals surface area (Å²) in [7, 11) is -9.32. The van der Waals surface area contributed by atoms with Crippen molar-refractivity contribution in [2.75, 3.05) is 11.1 Å². The molecule has 13 nitrogen and oxygen atoms in total. The monoisotopic (exact) mass is 539 g/mol. The minimum absolute atomic E-state index is 0.0747. The Morgan fingerprint density at radius 3 is 2.56 bits per heavy atom. The standard InChI is InChI=1S/C18H27ClN5O8PS/c1-2-11(33(27,28)29)34(30,31)7-10-13(25)14(26)17(32-10)24-8-20-12-15(21-9-5-3-4-6-9)22-18(19)23-16(12)24/h8-11,13-14,17,25-26H,2-7H2,1H3,(H,21,22,23)(H2,27,28,29)/t10-,11?,13-,14-,17-/m1/s1. The second-order valence-electron chi connectivity index (χ2n) is 8.62. The Morgan fingerprint density at radius 1 is 1.26 bits per heavy atom. The van der Waals surface area contributed by atoms with E-state index in [2.05, 4.69) is 20.3 Å². The number of ether oxygens (including phenoxy) is 1. The minimum atomic E-state index is -4.95. The molecule has 190 valence electrons. The average Bonchev–Trinajstić information content (AvgIpc) is 3.44. The number of nitrogens with zero attached hydrogens (tertiary/aromatic N) is 4. The van der Waals surface area contributed by atoms with Crippen LogP contribution >= 0.6 is 19.2 Å². The van der Waals surface area contributed by atoms with E-state index in [-0.39, 0.29) is 23.4 Å². The van der Waals surface area contributed by atoms with Crippen molar-refractivity contribution in [1.82, 2.24) is 19.5 Å². The molecule has 34 heavy (non-hydrogen) atoms. The minimum Gasteiger partial charge on any atom is -0.387 e. The van der Waals surface area contributed by atoms with E-state index in [9.17, 15) is 33.0 Å². The molecule has 2 aromatic heterocycles. The number of aromatic nitrogens is 4.